The van der Waals surface area contributed by atoms with Gasteiger partial charge in [-0.25, -0.2) is 0 Å². The lowest BCUT2D eigenvalue weighted by atomic mass is 9.96. The highest BCUT2D eigenvalue weighted by atomic mass is 16.3. The van der Waals surface area contributed by atoms with E-state index in [1.54, 1.807) is 24.3 Å². The lowest BCUT2D eigenvalue weighted by Gasteiger charge is -2.24. The number of rotatable bonds is 5. The molecular formula is C15H19NO3. The molecular weight excluding hydrogens is 242 g/mol. The molecule has 1 aliphatic rings. The third-order valence-corrected chi connectivity index (χ3v) is 3.84. The highest BCUT2D eigenvalue weighted by Crippen LogP contribution is 2.24. The van der Waals surface area contributed by atoms with Gasteiger partial charge in [0.05, 0.1) is 23.8 Å². The summed E-state index contributed by atoms with van der Waals surface area (Å²) in [5, 5.41) is 10.1. The summed E-state index contributed by atoms with van der Waals surface area (Å²) in [5.41, 5.74) is 0.869. The number of nitrogens with zero attached hydrogens (tertiary/aromatic N) is 1. The van der Waals surface area contributed by atoms with Crippen LogP contribution >= 0.6 is 0 Å². The largest absolute Gasteiger partial charge is 0.391 e. The molecule has 0 saturated carbocycles. The Morgan fingerprint density at radius 3 is 1.95 bits per heavy atom. The van der Waals surface area contributed by atoms with Crippen LogP contribution in [-0.2, 0) is 0 Å². The highest BCUT2D eigenvalue weighted by Gasteiger charge is 2.36. The van der Waals surface area contributed by atoms with Gasteiger partial charge in [0.2, 0.25) is 0 Å². The van der Waals surface area contributed by atoms with Crippen molar-refractivity contribution in [3.05, 3.63) is 35.4 Å². The number of imide groups is 1. The zero-order chi connectivity index (χ0) is 14.0. The Kier molecular flexibility index (Phi) is 4.00. The maximum absolute atomic E-state index is 12.1. The summed E-state index contributed by atoms with van der Waals surface area (Å²) in [4.78, 5) is 25.4. The second-order valence-corrected chi connectivity index (χ2v) is 4.91. The average molecular weight is 261 g/mol. The number of β-amino-alcohol motifs (C(OH)–C–C–N with tert-alkyl or cyclic N) is 1. The van der Waals surface area contributed by atoms with Crippen molar-refractivity contribution in [2.45, 2.75) is 32.8 Å². The molecule has 0 spiro atoms. The van der Waals surface area contributed by atoms with E-state index in [-0.39, 0.29) is 24.3 Å². The van der Waals surface area contributed by atoms with Gasteiger partial charge < -0.3 is 5.11 Å². The maximum atomic E-state index is 12.1. The molecule has 1 N–H and O–H groups in total. The van der Waals surface area contributed by atoms with Crippen LogP contribution in [0, 0.1) is 5.92 Å². The van der Waals surface area contributed by atoms with Crippen LogP contribution in [0.15, 0.2) is 24.3 Å². The van der Waals surface area contributed by atoms with Crippen molar-refractivity contribution < 1.29 is 14.7 Å². The van der Waals surface area contributed by atoms with E-state index >= 15 is 0 Å². The fourth-order valence-electron chi connectivity index (χ4n) is 2.57. The molecule has 1 heterocycles. The number of hydrogen-bond acceptors (Lipinski definition) is 3. The van der Waals surface area contributed by atoms with Crippen molar-refractivity contribution in [3.8, 4) is 0 Å². The quantitative estimate of drug-likeness (QED) is 0.826. The minimum absolute atomic E-state index is 0.0820. The normalized spacial score (nSPS) is 16.1. The topological polar surface area (TPSA) is 57.6 Å². The fraction of sp³-hybridized carbons (Fsp3) is 0.467. The minimum atomic E-state index is -0.655. The van der Waals surface area contributed by atoms with Gasteiger partial charge in [0.15, 0.2) is 0 Å². The summed E-state index contributed by atoms with van der Waals surface area (Å²) in [6.45, 7) is 4.08. The molecule has 1 aromatic carbocycles. The molecule has 1 unspecified atom stereocenters. The molecule has 1 atom stereocenters. The molecule has 19 heavy (non-hydrogen) atoms. The van der Waals surface area contributed by atoms with Crippen LogP contribution in [0.3, 0.4) is 0 Å². The van der Waals surface area contributed by atoms with Crippen LogP contribution < -0.4 is 0 Å². The molecule has 0 bridgehead atoms. The van der Waals surface area contributed by atoms with E-state index in [1.807, 2.05) is 13.8 Å². The number of benzene rings is 1. The molecule has 2 amide bonds. The Morgan fingerprint density at radius 1 is 1.05 bits per heavy atom. The van der Waals surface area contributed by atoms with E-state index < -0.39 is 6.10 Å². The van der Waals surface area contributed by atoms with Crippen LogP contribution in [0.5, 0.6) is 0 Å². The third-order valence-electron chi connectivity index (χ3n) is 3.84. The van der Waals surface area contributed by atoms with Gasteiger partial charge in [-0.2, -0.15) is 0 Å². The van der Waals surface area contributed by atoms with E-state index in [2.05, 4.69) is 0 Å². The van der Waals surface area contributed by atoms with Crippen molar-refractivity contribution in [2.75, 3.05) is 6.54 Å². The molecule has 4 heteroatoms. The summed E-state index contributed by atoms with van der Waals surface area (Å²) in [6.07, 6.45) is 1.01. The molecule has 0 fully saturated rings. The maximum Gasteiger partial charge on any atom is 0.261 e. The standard InChI is InChI=1S/C15H19NO3/c1-3-10(4-2)13(17)9-16-14(18)11-7-5-6-8-12(11)15(16)19/h5-8,10,13,17H,3-4,9H2,1-2H3. The molecule has 4 nitrogen and oxygen atoms in total. The summed E-state index contributed by atoms with van der Waals surface area (Å²) in [5.74, 6) is -0.486. The highest BCUT2D eigenvalue weighted by molar-refractivity contribution is 6.21. The first kappa shape index (κ1) is 13.7. The summed E-state index contributed by atoms with van der Waals surface area (Å²) >= 11 is 0. The number of fused-ring (bicyclic) bond motifs is 1. The van der Waals surface area contributed by atoms with E-state index in [9.17, 15) is 14.7 Å². The molecule has 102 valence electrons. The predicted octanol–water partition coefficient (Wildman–Crippen LogP) is 2.08. The van der Waals surface area contributed by atoms with Crippen LogP contribution in [-0.4, -0.2) is 34.5 Å². The summed E-state index contributed by atoms with van der Waals surface area (Å²) in [7, 11) is 0. The average Bonchev–Trinajstić information content (AvgIpc) is 2.66. The first-order chi connectivity index (χ1) is 9.10. The Labute approximate surface area is 113 Å². The van der Waals surface area contributed by atoms with Gasteiger partial charge in [-0.05, 0) is 18.1 Å². The predicted molar refractivity (Wildman–Crippen MR) is 71.9 cm³/mol. The molecule has 1 aromatic rings. The lowest BCUT2D eigenvalue weighted by Crippen LogP contribution is -2.39. The SMILES string of the molecule is CCC(CC)C(O)CN1C(=O)c2ccccc2C1=O. The fourth-order valence-corrected chi connectivity index (χ4v) is 2.57. The van der Waals surface area contributed by atoms with Crippen LogP contribution in [0.25, 0.3) is 0 Å². The molecule has 0 aromatic heterocycles. The number of hydrogen-bond donors (Lipinski definition) is 1. The Balaban J connectivity index is 2.16. The number of amides is 2. The van der Waals surface area contributed by atoms with Crippen molar-refractivity contribution in [1.82, 2.24) is 4.90 Å². The number of carbonyl (C=O) groups excluding carboxylic acids is 2. The van der Waals surface area contributed by atoms with E-state index in [0.29, 0.717) is 11.1 Å². The van der Waals surface area contributed by atoms with Crippen LogP contribution in [0.2, 0.25) is 0 Å². The van der Waals surface area contributed by atoms with Gasteiger partial charge >= 0.3 is 0 Å². The van der Waals surface area contributed by atoms with Crippen LogP contribution in [0.4, 0.5) is 0 Å². The Morgan fingerprint density at radius 2 is 1.53 bits per heavy atom. The second-order valence-electron chi connectivity index (χ2n) is 4.91. The van der Waals surface area contributed by atoms with Crippen LogP contribution in [0.1, 0.15) is 47.4 Å². The van der Waals surface area contributed by atoms with E-state index in [1.165, 1.54) is 0 Å². The smallest absolute Gasteiger partial charge is 0.261 e. The molecule has 0 aliphatic carbocycles. The Bertz CT molecular complexity index is 459. The van der Waals surface area contributed by atoms with Crippen molar-refractivity contribution in [2.24, 2.45) is 5.92 Å². The van der Waals surface area contributed by atoms with Crippen molar-refractivity contribution >= 4 is 11.8 Å². The van der Waals surface area contributed by atoms with Gasteiger partial charge in [-0.1, -0.05) is 38.8 Å². The number of aliphatic hydroxyl groups excluding tert-OH is 1. The third kappa shape index (κ3) is 2.40. The molecule has 2 rings (SSSR count). The molecule has 1 aliphatic heterocycles. The van der Waals surface area contributed by atoms with E-state index in [4.69, 9.17) is 0 Å². The van der Waals surface area contributed by atoms with E-state index in [0.717, 1.165) is 17.7 Å². The molecule has 0 saturated heterocycles. The van der Waals surface area contributed by atoms with Crippen molar-refractivity contribution in [3.63, 3.8) is 0 Å². The summed E-state index contributed by atoms with van der Waals surface area (Å²) < 4.78 is 0. The number of aliphatic hydroxyl groups is 1. The zero-order valence-corrected chi connectivity index (χ0v) is 11.3. The number of carbonyl (C=O) groups is 2. The first-order valence-electron chi connectivity index (χ1n) is 6.73. The second kappa shape index (κ2) is 5.53. The van der Waals surface area contributed by atoms with Gasteiger partial charge in [-0.15, -0.1) is 0 Å². The minimum Gasteiger partial charge on any atom is -0.391 e. The van der Waals surface area contributed by atoms with Gasteiger partial charge in [-0.3, -0.25) is 14.5 Å². The monoisotopic (exact) mass is 261 g/mol. The lowest BCUT2D eigenvalue weighted by molar-refractivity contribution is 0.0419. The Hall–Kier alpha value is -1.68. The first-order valence-corrected chi connectivity index (χ1v) is 6.73. The summed E-state index contributed by atoms with van der Waals surface area (Å²) in [6, 6.07) is 6.79. The zero-order valence-electron chi connectivity index (χ0n) is 11.3. The molecule has 0 radical (unpaired) electrons. The van der Waals surface area contributed by atoms with Crippen molar-refractivity contribution in [1.29, 1.82) is 0 Å². The van der Waals surface area contributed by atoms with Gasteiger partial charge in [0, 0.05) is 0 Å². The van der Waals surface area contributed by atoms with Gasteiger partial charge in [0.25, 0.3) is 11.8 Å². The van der Waals surface area contributed by atoms with Gasteiger partial charge in [0.1, 0.15) is 0 Å².